The van der Waals surface area contributed by atoms with Crippen molar-refractivity contribution in [1.29, 1.82) is 5.26 Å². The fourth-order valence-corrected chi connectivity index (χ4v) is 2.58. The highest BCUT2D eigenvalue weighted by atomic mass is 14.2. The van der Waals surface area contributed by atoms with E-state index in [1.54, 1.807) is 6.08 Å². The molecule has 1 heteroatoms. The molecule has 0 fully saturated rings. The van der Waals surface area contributed by atoms with Crippen LogP contribution in [0.15, 0.2) is 72.3 Å². The Morgan fingerprint density at radius 2 is 1.74 bits per heavy atom. The van der Waals surface area contributed by atoms with Gasteiger partial charge in [-0.15, -0.1) is 0 Å². The largest absolute Gasteiger partial charge is 0.193 e. The van der Waals surface area contributed by atoms with Gasteiger partial charge in [0.25, 0.3) is 0 Å². The van der Waals surface area contributed by atoms with Gasteiger partial charge >= 0.3 is 0 Å². The summed E-state index contributed by atoms with van der Waals surface area (Å²) in [6.07, 6.45) is 7.70. The first kappa shape index (κ1) is 16.8. The minimum absolute atomic E-state index is 0.0413. The van der Waals surface area contributed by atoms with Crippen LogP contribution in [0.3, 0.4) is 0 Å². The molecule has 0 spiro atoms. The molecule has 0 unspecified atom stereocenters. The molecule has 0 aliphatic heterocycles. The van der Waals surface area contributed by atoms with Crippen LogP contribution in [0.4, 0.5) is 0 Å². The van der Waals surface area contributed by atoms with Gasteiger partial charge in [0, 0.05) is 6.08 Å². The van der Waals surface area contributed by atoms with Crippen LogP contribution >= 0.6 is 0 Å². The van der Waals surface area contributed by atoms with E-state index in [4.69, 9.17) is 5.26 Å². The average Bonchev–Trinajstić information content (AvgIpc) is 2.50. The lowest BCUT2D eigenvalue weighted by Gasteiger charge is -2.23. The second-order valence-corrected chi connectivity index (χ2v) is 6.77. The SMILES string of the molecule is CC(/C=C/C=C(/c1ccc2ccccc2c1)C(C)(C)C)=C\C#N. The van der Waals surface area contributed by atoms with Gasteiger partial charge < -0.3 is 0 Å². The molecule has 0 bridgehead atoms. The molecule has 1 nitrogen and oxygen atoms in total. The first-order chi connectivity index (χ1) is 10.9. The van der Waals surface area contributed by atoms with E-state index in [1.165, 1.54) is 21.9 Å². The smallest absolute Gasteiger partial charge is 0.0914 e. The third-order valence-electron chi connectivity index (χ3n) is 3.78. The standard InChI is InChI=1S/C22H23N/c1-17(14-15-23)8-7-11-21(22(2,3)4)20-13-12-18-9-5-6-10-19(18)16-20/h5-14,16H,1-4H3/b8-7+,17-14+,21-11-. The Morgan fingerprint density at radius 1 is 1.04 bits per heavy atom. The van der Waals surface area contributed by atoms with Crippen molar-refractivity contribution in [2.75, 3.05) is 0 Å². The number of hydrogen-bond acceptors (Lipinski definition) is 1. The number of nitriles is 1. The lowest BCUT2D eigenvalue weighted by molar-refractivity contribution is 0.567. The zero-order valence-corrected chi connectivity index (χ0v) is 14.3. The number of allylic oxidation sites excluding steroid dienone is 6. The molecule has 0 aliphatic rings. The number of benzene rings is 2. The van der Waals surface area contributed by atoms with Gasteiger partial charge in [0.15, 0.2) is 0 Å². The summed E-state index contributed by atoms with van der Waals surface area (Å²) in [6.45, 7) is 8.60. The molecule has 0 N–H and O–H groups in total. The fraction of sp³-hybridized carbons (Fsp3) is 0.227. The molecule has 2 aromatic carbocycles. The van der Waals surface area contributed by atoms with E-state index in [-0.39, 0.29) is 5.41 Å². The highest BCUT2D eigenvalue weighted by Crippen LogP contribution is 2.35. The average molecular weight is 301 g/mol. The van der Waals surface area contributed by atoms with Gasteiger partial charge in [-0.05, 0) is 45.9 Å². The second kappa shape index (κ2) is 7.11. The van der Waals surface area contributed by atoms with Crippen LogP contribution in [0.2, 0.25) is 0 Å². The lowest BCUT2D eigenvalue weighted by atomic mass is 9.81. The van der Waals surface area contributed by atoms with Crippen molar-refractivity contribution in [2.24, 2.45) is 5.41 Å². The van der Waals surface area contributed by atoms with Crippen molar-refractivity contribution in [3.05, 3.63) is 77.9 Å². The normalized spacial score (nSPS) is 13.5. The topological polar surface area (TPSA) is 23.8 Å². The molecule has 0 aliphatic carbocycles. The van der Waals surface area contributed by atoms with E-state index >= 15 is 0 Å². The molecular formula is C22H23N. The Morgan fingerprint density at radius 3 is 2.39 bits per heavy atom. The van der Waals surface area contributed by atoms with Crippen molar-refractivity contribution in [1.82, 2.24) is 0 Å². The maximum atomic E-state index is 8.68. The van der Waals surface area contributed by atoms with Crippen molar-refractivity contribution in [2.45, 2.75) is 27.7 Å². The number of nitrogens with zero attached hydrogens (tertiary/aromatic N) is 1. The summed E-state index contributed by atoms with van der Waals surface area (Å²) >= 11 is 0. The maximum Gasteiger partial charge on any atom is 0.0914 e. The first-order valence-corrected chi connectivity index (χ1v) is 7.86. The summed E-state index contributed by atoms with van der Waals surface area (Å²) in [5, 5.41) is 11.2. The predicted octanol–water partition coefficient (Wildman–Crippen LogP) is 6.30. The minimum atomic E-state index is 0.0413. The molecule has 0 saturated heterocycles. The molecule has 0 radical (unpaired) electrons. The van der Waals surface area contributed by atoms with Crippen LogP contribution < -0.4 is 0 Å². The molecule has 0 saturated carbocycles. The summed E-state index contributed by atoms with van der Waals surface area (Å²) < 4.78 is 0. The summed E-state index contributed by atoms with van der Waals surface area (Å²) in [5.74, 6) is 0. The van der Waals surface area contributed by atoms with Crippen molar-refractivity contribution in [3.63, 3.8) is 0 Å². The highest BCUT2D eigenvalue weighted by Gasteiger charge is 2.18. The zero-order valence-electron chi connectivity index (χ0n) is 14.3. The first-order valence-electron chi connectivity index (χ1n) is 7.86. The quantitative estimate of drug-likeness (QED) is 0.482. The molecule has 0 aromatic heterocycles. The third-order valence-corrected chi connectivity index (χ3v) is 3.78. The van der Waals surface area contributed by atoms with Gasteiger partial charge in [-0.2, -0.15) is 5.26 Å². The van der Waals surface area contributed by atoms with E-state index in [0.717, 1.165) is 5.57 Å². The molecule has 0 atom stereocenters. The van der Waals surface area contributed by atoms with E-state index in [9.17, 15) is 0 Å². The van der Waals surface area contributed by atoms with E-state index in [0.29, 0.717) is 0 Å². The second-order valence-electron chi connectivity index (χ2n) is 6.77. The molecular weight excluding hydrogens is 278 g/mol. The van der Waals surface area contributed by atoms with Crippen LogP contribution in [0.25, 0.3) is 16.3 Å². The van der Waals surface area contributed by atoms with Gasteiger partial charge in [0.2, 0.25) is 0 Å². The summed E-state index contributed by atoms with van der Waals surface area (Å²) in [4.78, 5) is 0. The van der Waals surface area contributed by atoms with Crippen LogP contribution in [0.1, 0.15) is 33.3 Å². The van der Waals surface area contributed by atoms with Crippen LogP contribution in [0.5, 0.6) is 0 Å². The Labute approximate surface area is 139 Å². The van der Waals surface area contributed by atoms with Gasteiger partial charge in [-0.25, -0.2) is 0 Å². The third kappa shape index (κ3) is 4.44. The van der Waals surface area contributed by atoms with Gasteiger partial charge in [0.1, 0.15) is 0 Å². The van der Waals surface area contributed by atoms with Gasteiger partial charge in [0.05, 0.1) is 6.07 Å². The molecule has 2 rings (SSSR count). The van der Waals surface area contributed by atoms with Crippen molar-refractivity contribution >= 4 is 16.3 Å². The maximum absolute atomic E-state index is 8.68. The Bertz CT molecular complexity index is 821. The number of hydrogen-bond donors (Lipinski definition) is 0. The monoisotopic (exact) mass is 301 g/mol. The summed E-state index contributed by atoms with van der Waals surface area (Å²) in [6, 6.07) is 17.1. The number of fused-ring (bicyclic) bond motifs is 1. The molecule has 0 amide bonds. The Balaban J connectivity index is 2.46. The molecule has 116 valence electrons. The zero-order chi connectivity index (χ0) is 16.9. The Kier molecular flexibility index (Phi) is 5.19. The van der Waals surface area contributed by atoms with E-state index in [2.05, 4.69) is 75.4 Å². The van der Waals surface area contributed by atoms with Gasteiger partial charge in [-0.1, -0.05) is 75.4 Å². The Hall–Kier alpha value is -2.59. The van der Waals surface area contributed by atoms with Crippen molar-refractivity contribution in [3.8, 4) is 6.07 Å². The number of rotatable bonds is 3. The molecule has 2 aromatic rings. The summed E-state index contributed by atoms with van der Waals surface area (Å²) in [7, 11) is 0. The molecule has 23 heavy (non-hydrogen) atoms. The van der Waals surface area contributed by atoms with Crippen LogP contribution in [-0.4, -0.2) is 0 Å². The van der Waals surface area contributed by atoms with Crippen LogP contribution in [0, 0.1) is 16.7 Å². The van der Waals surface area contributed by atoms with E-state index < -0.39 is 0 Å². The summed E-state index contributed by atoms with van der Waals surface area (Å²) in [5.41, 5.74) is 3.52. The van der Waals surface area contributed by atoms with Crippen molar-refractivity contribution < 1.29 is 0 Å². The van der Waals surface area contributed by atoms with E-state index in [1.807, 2.05) is 19.1 Å². The highest BCUT2D eigenvalue weighted by molar-refractivity contribution is 5.87. The molecule has 0 heterocycles. The van der Waals surface area contributed by atoms with Crippen LogP contribution in [-0.2, 0) is 0 Å². The minimum Gasteiger partial charge on any atom is -0.193 e. The lowest BCUT2D eigenvalue weighted by Crippen LogP contribution is -2.08. The van der Waals surface area contributed by atoms with Gasteiger partial charge in [-0.3, -0.25) is 0 Å². The predicted molar refractivity (Wildman–Crippen MR) is 99.9 cm³/mol. The fourth-order valence-electron chi connectivity index (χ4n) is 2.58.